The first kappa shape index (κ1) is 18.6. The summed E-state index contributed by atoms with van der Waals surface area (Å²) < 4.78 is 36.0. The van der Waals surface area contributed by atoms with Crippen molar-refractivity contribution in [2.75, 3.05) is 18.9 Å². The first-order valence-corrected chi connectivity index (χ1v) is 9.38. The second-order valence-corrected chi connectivity index (χ2v) is 7.55. The molecule has 1 aromatic heterocycles. The zero-order valence-corrected chi connectivity index (χ0v) is 15.9. The lowest BCUT2D eigenvalue weighted by molar-refractivity contribution is -0.286. The van der Waals surface area contributed by atoms with Crippen LogP contribution in [-0.4, -0.2) is 35.7 Å². The average molecular weight is 405 g/mol. The SMILES string of the molecule is C[C@H](c1nc2ccccc2s1)N(C)CC(=O)Nc1ccc2c(c1)OC(F)(F)O2. The molecule has 0 fully saturated rings. The van der Waals surface area contributed by atoms with E-state index in [4.69, 9.17) is 0 Å². The minimum atomic E-state index is -3.68. The lowest BCUT2D eigenvalue weighted by Gasteiger charge is -2.22. The summed E-state index contributed by atoms with van der Waals surface area (Å²) in [7, 11) is 1.83. The molecule has 28 heavy (non-hydrogen) atoms. The van der Waals surface area contributed by atoms with Gasteiger partial charge in [0, 0.05) is 11.8 Å². The molecule has 0 saturated carbocycles. The van der Waals surface area contributed by atoms with E-state index in [1.54, 1.807) is 11.3 Å². The molecule has 146 valence electrons. The van der Waals surface area contributed by atoms with Crippen LogP contribution in [0.25, 0.3) is 10.2 Å². The predicted octanol–water partition coefficient (Wildman–Crippen LogP) is 4.25. The van der Waals surface area contributed by atoms with E-state index < -0.39 is 6.29 Å². The van der Waals surface area contributed by atoms with Crippen molar-refractivity contribution in [3.05, 3.63) is 47.5 Å². The van der Waals surface area contributed by atoms with E-state index in [0.717, 1.165) is 15.2 Å². The van der Waals surface area contributed by atoms with Gasteiger partial charge in [0.15, 0.2) is 11.5 Å². The number of ether oxygens (including phenoxy) is 2. The van der Waals surface area contributed by atoms with Crippen LogP contribution >= 0.6 is 11.3 Å². The van der Waals surface area contributed by atoms with Gasteiger partial charge in [0.05, 0.1) is 22.8 Å². The highest BCUT2D eigenvalue weighted by Crippen LogP contribution is 2.42. The van der Waals surface area contributed by atoms with Gasteiger partial charge in [-0.3, -0.25) is 9.69 Å². The van der Waals surface area contributed by atoms with Crippen molar-refractivity contribution in [3.63, 3.8) is 0 Å². The van der Waals surface area contributed by atoms with Crippen molar-refractivity contribution in [2.45, 2.75) is 19.3 Å². The molecule has 3 aromatic rings. The number of nitrogens with zero attached hydrogens (tertiary/aromatic N) is 2. The van der Waals surface area contributed by atoms with Gasteiger partial charge < -0.3 is 14.8 Å². The number of halogens is 2. The fourth-order valence-corrected chi connectivity index (χ4v) is 3.93. The van der Waals surface area contributed by atoms with Gasteiger partial charge in [-0.05, 0) is 38.2 Å². The molecule has 2 aromatic carbocycles. The molecular formula is C19H17F2N3O3S. The fourth-order valence-electron chi connectivity index (χ4n) is 2.85. The number of alkyl halides is 2. The summed E-state index contributed by atoms with van der Waals surface area (Å²) in [6.07, 6.45) is -3.68. The standard InChI is InChI=1S/C19H17F2N3O3S/c1-11(18-23-13-5-3-4-6-16(13)28-18)24(2)10-17(25)22-12-7-8-14-15(9-12)27-19(20,21)26-14/h3-9,11H,10H2,1-2H3,(H,22,25)/t11-/m1/s1. The van der Waals surface area contributed by atoms with Gasteiger partial charge >= 0.3 is 6.29 Å². The van der Waals surface area contributed by atoms with Gasteiger partial charge in [-0.2, -0.15) is 0 Å². The van der Waals surface area contributed by atoms with Gasteiger partial charge in [-0.15, -0.1) is 20.1 Å². The quantitative estimate of drug-likeness (QED) is 0.688. The second-order valence-electron chi connectivity index (χ2n) is 6.49. The topological polar surface area (TPSA) is 63.7 Å². The van der Waals surface area contributed by atoms with Crippen LogP contribution in [0.4, 0.5) is 14.5 Å². The average Bonchev–Trinajstić information content (AvgIpc) is 3.19. The van der Waals surface area contributed by atoms with Crippen LogP contribution in [0.5, 0.6) is 11.5 Å². The molecular weight excluding hydrogens is 388 g/mol. The number of rotatable bonds is 5. The molecule has 6 nitrogen and oxygen atoms in total. The molecule has 0 unspecified atom stereocenters. The number of anilines is 1. The second kappa shape index (κ2) is 6.99. The number of nitrogens with one attached hydrogen (secondary N) is 1. The number of fused-ring (bicyclic) bond motifs is 2. The van der Waals surface area contributed by atoms with Crippen LogP contribution in [-0.2, 0) is 4.79 Å². The number of hydrogen-bond acceptors (Lipinski definition) is 6. The van der Waals surface area contributed by atoms with Gasteiger partial charge in [-0.1, -0.05) is 12.1 Å². The summed E-state index contributed by atoms with van der Waals surface area (Å²) in [5.74, 6) is -0.454. The van der Waals surface area contributed by atoms with Crippen LogP contribution in [0.3, 0.4) is 0 Å². The maximum Gasteiger partial charge on any atom is 0.586 e. The minimum absolute atomic E-state index is 0.0569. The van der Waals surface area contributed by atoms with Crippen LogP contribution in [0, 0.1) is 0 Å². The Bertz CT molecular complexity index is 1010. The summed E-state index contributed by atoms with van der Waals surface area (Å²) in [5, 5.41) is 3.60. The number of thiazole rings is 1. The molecule has 0 bridgehead atoms. The zero-order valence-electron chi connectivity index (χ0n) is 15.1. The summed E-state index contributed by atoms with van der Waals surface area (Å²) in [6.45, 7) is 2.09. The lowest BCUT2D eigenvalue weighted by Crippen LogP contribution is -2.32. The third-order valence-corrected chi connectivity index (χ3v) is 5.61. The molecule has 1 N–H and O–H groups in total. The molecule has 1 aliphatic rings. The van der Waals surface area contributed by atoms with E-state index in [-0.39, 0.29) is 30.0 Å². The smallest absolute Gasteiger partial charge is 0.395 e. The number of amides is 1. The summed E-state index contributed by atoms with van der Waals surface area (Å²) in [6, 6.07) is 11.9. The number of carbonyl (C=O) groups is 1. The Morgan fingerprint density at radius 2 is 2.00 bits per heavy atom. The number of hydrogen-bond donors (Lipinski definition) is 1. The van der Waals surface area contributed by atoms with Crippen LogP contribution in [0.1, 0.15) is 18.0 Å². The number of benzene rings is 2. The Labute approximate surface area is 163 Å². The van der Waals surface area contributed by atoms with Crippen LogP contribution < -0.4 is 14.8 Å². The molecule has 9 heteroatoms. The van der Waals surface area contributed by atoms with Crippen molar-refractivity contribution < 1.29 is 23.0 Å². The molecule has 0 saturated heterocycles. The van der Waals surface area contributed by atoms with E-state index in [1.807, 2.05) is 43.1 Å². The van der Waals surface area contributed by atoms with Crippen LogP contribution in [0.15, 0.2) is 42.5 Å². The number of aromatic nitrogens is 1. The molecule has 2 heterocycles. The molecule has 1 aliphatic heterocycles. The molecule has 0 radical (unpaired) electrons. The van der Waals surface area contributed by atoms with Crippen molar-refractivity contribution >= 4 is 33.1 Å². The van der Waals surface area contributed by atoms with E-state index in [0.29, 0.717) is 5.69 Å². The minimum Gasteiger partial charge on any atom is -0.395 e. The normalized spacial score (nSPS) is 15.8. The predicted molar refractivity (Wildman–Crippen MR) is 102 cm³/mol. The van der Waals surface area contributed by atoms with E-state index in [1.165, 1.54) is 18.2 Å². The largest absolute Gasteiger partial charge is 0.586 e. The molecule has 4 rings (SSSR count). The highest BCUT2D eigenvalue weighted by atomic mass is 32.1. The van der Waals surface area contributed by atoms with Gasteiger partial charge in [0.25, 0.3) is 0 Å². The maximum atomic E-state index is 13.1. The Hall–Kier alpha value is -2.78. The first-order valence-electron chi connectivity index (χ1n) is 8.56. The Morgan fingerprint density at radius 3 is 2.79 bits per heavy atom. The van der Waals surface area contributed by atoms with E-state index in [9.17, 15) is 13.6 Å². The van der Waals surface area contributed by atoms with Crippen molar-refractivity contribution in [3.8, 4) is 11.5 Å². The van der Waals surface area contributed by atoms with E-state index >= 15 is 0 Å². The fraction of sp³-hybridized carbons (Fsp3) is 0.263. The third kappa shape index (κ3) is 3.76. The van der Waals surface area contributed by atoms with Gasteiger partial charge in [0.1, 0.15) is 5.01 Å². The Morgan fingerprint density at radius 1 is 1.25 bits per heavy atom. The lowest BCUT2D eigenvalue weighted by atomic mass is 10.2. The summed E-state index contributed by atoms with van der Waals surface area (Å²) in [5.41, 5.74) is 1.29. The number of likely N-dealkylation sites (N-methyl/N-ethyl adjacent to an activating group) is 1. The summed E-state index contributed by atoms with van der Waals surface area (Å²) >= 11 is 1.59. The highest BCUT2D eigenvalue weighted by Gasteiger charge is 2.43. The van der Waals surface area contributed by atoms with Gasteiger partial charge in [0.2, 0.25) is 5.91 Å². The zero-order chi connectivity index (χ0) is 19.9. The Balaban J connectivity index is 1.39. The molecule has 0 spiro atoms. The first-order chi connectivity index (χ1) is 13.3. The molecule has 1 amide bonds. The highest BCUT2D eigenvalue weighted by molar-refractivity contribution is 7.18. The van der Waals surface area contributed by atoms with Crippen molar-refractivity contribution in [2.24, 2.45) is 0 Å². The van der Waals surface area contributed by atoms with Crippen molar-refractivity contribution in [1.82, 2.24) is 9.88 Å². The molecule has 1 atom stereocenters. The number of para-hydroxylation sites is 1. The third-order valence-electron chi connectivity index (χ3n) is 4.41. The van der Waals surface area contributed by atoms with Crippen LogP contribution in [0.2, 0.25) is 0 Å². The molecule has 0 aliphatic carbocycles. The summed E-state index contributed by atoms with van der Waals surface area (Å²) in [4.78, 5) is 18.9. The number of carbonyl (C=O) groups excluding carboxylic acids is 1. The monoisotopic (exact) mass is 405 g/mol. The maximum absolute atomic E-state index is 13.1. The van der Waals surface area contributed by atoms with E-state index in [2.05, 4.69) is 19.8 Å². The Kier molecular flexibility index (Phi) is 4.64. The van der Waals surface area contributed by atoms with Crippen molar-refractivity contribution in [1.29, 1.82) is 0 Å². The van der Waals surface area contributed by atoms with Gasteiger partial charge in [-0.25, -0.2) is 4.98 Å².